The summed E-state index contributed by atoms with van der Waals surface area (Å²) in [6, 6.07) is 3.36. The molecule has 0 aromatic heterocycles. The minimum absolute atomic E-state index is 0.167. The Morgan fingerprint density at radius 3 is 2.35 bits per heavy atom. The number of nitrogens with zero attached hydrogens (tertiary/aromatic N) is 1. The maximum atomic E-state index is 13.7. The molecule has 2 N–H and O–H groups in total. The lowest BCUT2D eigenvalue weighted by Crippen LogP contribution is -2.37. The lowest BCUT2D eigenvalue weighted by molar-refractivity contribution is 0.0731. The molecular weight excluding hydrogens is 282 g/mol. The van der Waals surface area contributed by atoms with Crippen molar-refractivity contribution in [2.45, 2.75) is 20.3 Å². The number of carbonyl (C=O) groups is 1. The first kappa shape index (κ1) is 16.5. The van der Waals surface area contributed by atoms with E-state index in [0.717, 1.165) is 12.1 Å². The molecular formula is C14H18F2N2OS. The number of rotatable bonds is 6. The SMILES string of the molecule is CC(C)CN(CCC(N)=S)C(=O)c1c(F)cccc1F. The van der Waals surface area contributed by atoms with Crippen molar-refractivity contribution in [1.82, 2.24) is 4.90 Å². The fourth-order valence-electron chi connectivity index (χ4n) is 1.82. The maximum Gasteiger partial charge on any atom is 0.259 e. The van der Waals surface area contributed by atoms with Crippen LogP contribution >= 0.6 is 12.2 Å². The van der Waals surface area contributed by atoms with Gasteiger partial charge in [0.15, 0.2) is 0 Å². The van der Waals surface area contributed by atoms with Crippen molar-refractivity contribution >= 4 is 23.1 Å². The van der Waals surface area contributed by atoms with Gasteiger partial charge in [-0.25, -0.2) is 8.78 Å². The molecule has 0 aliphatic heterocycles. The van der Waals surface area contributed by atoms with E-state index in [2.05, 4.69) is 0 Å². The third-order valence-electron chi connectivity index (χ3n) is 2.68. The average molecular weight is 300 g/mol. The highest BCUT2D eigenvalue weighted by molar-refractivity contribution is 7.80. The molecule has 0 saturated carbocycles. The second kappa shape index (κ2) is 7.28. The molecule has 0 aliphatic rings. The molecule has 0 bridgehead atoms. The zero-order valence-corrected chi connectivity index (χ0v) is 12.3. The van der Waals surface area contributed by atoms with Gasteiger partial charge in [0.2, 0.25) is 0 Å². The summed E-state index contributed by atoms with van der Waals surface area (Å²) in [7, 11) is 0. The first-order valence-electron chi connectivity index (χ1n) is 6.34. The van der Waals surface area contributed by atoms with Crippen molar-refractivity contribution < 1.29 is 13.6 Å². The van der Waals surface area contributed by atoms with Gasteiger partial charge >= 0.3 is 0 Å². The molecule has 6 heteroatoms. The number of thiocarbonyl (C=S) groups is 1. The normalized spacial score (nSPS) is 10.7. The number of hydrogen-bond acceptors (Lipinski definition) is 2. The van der Waals surface area contributed by atoms with Gasteiger partial charge in [-0.15, -0.1) is 0 Å². The van der Waals surface area contributed by atoms with Crippen LogP contribution in [0.4, 0.5) is 8.78 Å². The van der Waals surface area contributed by atoms with Crippen LogP contribution in [0.3, 0.4) is 0 Å². The third-order valence-corrected chi connectivity index (χ3v) is 2.88. The predicted molar refractivity (Wildman–Crippen MR) is 78.5 cm³/mol. The Hall–Kier alpha value is -1.56. The molecule has 0 heterocycles. The standard InChI is InChI=1S/C14H18F2N2OS/c1-9(2)8-18(7-6-12(17)20)14(19)13-10(15)4-3-5-11(13)16/h3-5,9H,6-8H2,1-2H3,(H2,17,20). The maximum absolute atomic E-state index is 13.7. The van der Waals surface area contributed by atoms with Crippen LogP contribution in [0.5, 0.6) is 0 Å². The Labute approximate surface area is 122 Å². The Morgan fingerprint density at radius 2 is 1.90 bits per heavy atom. The van der Waals surface area contributed by atoms with Gasteiger partial charge in [0, 0.05) is 19.5 Å². The predicted octanol–water partition coefficient (Wildman–Crippen LogP) is 2.74. The van der Waals surface area contributed by atoms with Gasteiger partial charge in [0.05, 0.1) is 4.99 Å². The lowest BCUT2D eigenvalue weighted by Gasteiger charge is -2.25. The van der Waals surface area contributed by atoms with Gasteiger partial charge in [-0.3, -0.25) is 4.79 Å². The summed E-state index contributed by atoms with van der Waals surface area (Å²) in [5.41, 5.74) is 4.88. The molecule has 0 unspecified atom stereocenters. The summed E-state index contributed by atoms with van der Waals surface area (Å²) < 4.78 is 27.3. The van der Waals surface area contributed by atoms with Gasteiger partial charge in [-0.2, -0.15) is 0 Å². The fourth-order valence-corrected chi connectivity index (χ4v) is 1.91. The van der Waals surface area contributed by atoms with Crippen molar-refractivity contribution in [3.8, 4) is 0 Å². The summed E-state index contributed by atoms with van der Waals surface area (Å²) in [4.78, 5) is 13.9. The van der Waals surface area contributed by atoms with Crippen molar-refractivity contribution in [1.29, 1.82) is 0 Å². The first-order chi connectivity index (χ1) is 9.32. The van der Waals surface area contributed by atoms with E-state index in [1.54, 1.807) is 0 Å². The number of hydrogen-bond donors (Lipinski definition) is 1. The molecule has 110 valence electrons. The van der Waals surface area contributed by atoms with Crippen molar-refractivity contribution in [2.75, 3.05) is 13.1 Å². The van der Waals surface area contributed by atoms with Crippen LogP contribution in [0.25, 0.3) is 0 Å². The van der Waals surface area contributed by atoms with Crippen molar-refractivity contribution in [2.24, 2.45) is 11.7 Å². The lowest BCUT2D eigenvalue weighted by atomic mass is 10.1. The summed E-state index contributed by atoms with van der Waals surface area (Å²) in [6.45, 7) is 4.47. The molecule has 0 aliphatic carbocycles. The molecule has 3 nitrogen and oxygen atoms in total. The molecule has 1 aromatic rings. The van der Waals surface area contributed by atoms with E-state index in [0.29, 0.717) is 13.0 Å². The molecule has 0 spiro atoms. The molecule has 0 atom stereocenters. The van der Waals surface area contributed by atoms with E-state index in [9.17, 15) is 13.6 Å². The largest absolute Gasteiger partial charge is 0.393 e. The number of benzene rings is 1. The van der Waals surface area contributed by atoms with Crippen LogP contribution in [-0.4, -0.2) is 28.9 Å². The topological polar surface area (TPSA) is 46.3 Å². The van der Waals surface area contributed by atoms with Gasteiger partial charge in [0.25, 0.3) is 5.91 Å². The van der Waals surface area contributed by atoms with Gasteiger partial charge in [-0.1, -0.05) is 32.1 Å². The Kier molecular flexibility index (Phi) is 6.01. The second-order valence-corrected chi connectivity index (χ2v) is 5.48. The van der Waals surface area contributed by atoms with E-state index in [-0.39, 0.29) is 17.5 Å². The highest BCUT2D eigenvalue weighted by Gasteiger charge is 2.23. The van der Waals surface area contributed by atoms with Gasteiger partial charge in [0.1, 0.15) is 17.2 Å². The minimum atomic E-state index is -0.862. The minimum Gasteiger partial charge on any atom is -0.393 e. The summed E-state index contributed by atoms with van der Waals surface area (Å²) in [6.07, 6.45) is 0.323. The molecule has 0 saturated heterocycles. The van der Waals surface area contributed by atoms with Crippen LogP contribution in [0.15, 0.2) is 18.2 Å². The third kappa shape index (κ3) is 4.52. The monoisotopic (exact) mass is 300 g/mol. The van der Waals surface area contributed by atoms with Gasteiger partial charge in [-0.05, 0) is 18.1 Å². The molecule has 1 amide bonds. The van der Waals surface area contributed by atoms with Gasteiger partial charge < -0.3 is 10.6 Å². The highest BCUT2D eigenvalue weighted by Crippen LogP contribution is 2.16. The van der Waals surface area contributed by atoms with Crippen LogP contribution in [0.1, 0.15) is 30.6 Å². The number of carbonyl (C=O) groups excluding carboxylic acids is 1. The van der Waals surface area contributed by atoms with Crippen LogP contribution in [-0.2, 0) is 0 Å². The quantitative estimate of drug-likeness (QED) is 0.822. The number of halogens is 2. The Balaban J connectivity index is 3.00. The van der Waals surface area contributed by atoms with E-state index in [1.165, 1.54) is 11.0 Å². The highest BCUT2D eigenvalue weighted by atomic mass is 32.1. The fraction of sp³-hybridized carbons (Fsp3) is 0.429. The van der Waals surface area contributed by atoms with E-state index < -0.39 is 23.1 Å². The molecule has 0 fully saturated rings. The van der Waals surface area contributed by atoms with E-state index in [4.69, 9.17) is 18.0 Å². The Bertz CT molecular complexity index is 486. The van der Waals surface area contributed by atoms with Crippen molar-refractivity contribution in [3.63, 3.8) is 0 Å². The zero-order valence-electron chi connectivity index (χ0n) is 11.5. The second-order valence-electron chi connectivity index (χ2n) is 4.96. The first-order valence-corrected chi connectivity index (χ1v) is 6.75. The van der Waals surface area contributed by atoms with Crippen LogP contribution in [0.2, 0.25) is 0 Å². The number of nitrogens with two attached hydrogens (primary N) is 1. The van der Waals surface area contributed by atoms with Crippen LogP contribution in [0, 0.1) is 17.6 Å². The molecule has 1 aromatic carbocycles. The molecule has 1 rings (SSSR count). The average Bonchev–Trinajstić information content (AvgIpc) is 2.33. The summed E-state index contributed by atoms with van der Waals surface area (Å²) >= 11 is 4.77. The van der Waals surface area contributed by atoms with E-state index >= 15 is 0 Å². The summed E-state index contributed by atoms with van der Waals surface area (Å²) in [5.74, 6) is -2.23. The number of amides is 1. The van der Waals surface area contributed by atoms with Crippen molar-refractivity contribution in [3.05, 3.63) is 35.4 Å². The molecule has 0 radical (unpaired) electrons. The molecule has 20 heavy (non-hydrogen) atoms. The Morgan fingerprint density at radius 1 is 1.35 bits per heavy atom. The smallest absolute Gasteiger partial charge is 0.259 e. The summed E-state index contributed by atoms with van der Waals surface area (Å²) in [5, 5.41) is 0. The van der Waals surface area contributed by atoms with E-state index in [1.807, 2.05) is 13.8 Å². The van der Waals surface area contributed by atoms with Crippen LogP contribution < -0.4 is 5.73 Å². The zero-order chi connectivity index (χ0) is 15.3.